The smallest absolute Gasteiger partial charge is 0.290 e. The molecule has 0 bridgehead atoms. The number of rotatable bonds is 5. The van der Waals surface area contributed by atoms with Crippen LogP contribution in [-0.4, -0.2) is 43.1 Å². The van der Waals surface area contributed by atoms with Crippen molar-refractivity contribution in [3.05, 3.63) is 89.2 Å². The number of ether oxygens (including phenoxy) is 1. The van der Waals surface area contributed by atoms with Crippen molar-refractivity contribution in [2.75, 3.05) is 11.9 Å². The molecule has 2 N–H and O–H groups in total. The SMILES string of the molecule is Cc1c(C(C)OC(C)(C)C)c(-c2ccc(Cl)cc2)c2cc(-c3ccnc(-c4ccc5c(cnn5C)c4)c3)n3c2c1NCC3.O=CO. The van der Waals surface area contributed by atoms with Gasteiger partial charge in [0.1, 0.15) is 0 Å². The standard InChI is InChI=1S/C36H36ClN5O.CH2O2/c1-21-32(22(2)43-36(3,4)5)33(23-7-10-27(37)11-8-23)28-19-31(42-16-15-39-34(21)35(28)42)25-13-14-38-29(18-25)24-9-12-30-26(17-24)20-40-41(30)6;2-1-3/h7-14,17-20,22,39H,15-16H2,1-6H3;1H,(H,2,3). The van der Waals surface area contributed by atoms with E-state index in [1.54, 1.807) is 0 Å². The minimum atomic E-state index is -0.286. The number of hydrogen-bond acceptors (Lipinski definition) is 5. The van der Waals surface area contributed by atoms with Gasteiger partial charge in [-0.15, -0.1) is 0 Å². The fourth-order valence-corrected chi connectivity index (χ4v) is 6.86. The van der Waals surface area contributed by atoms with Gasteiger partial charge in [0.2, 0.25) is 0 Å². The summed E-state index contributed by atoms with van der Waals surface area (Å²) in [5.74, 6) is 0. The molecule has 3 aromatic carbocycles. The van der Waals surface area contributed by atoms with Crippen molar-refractivity contribution in [1.29, 1.82) is 0 Å². The van der Waals surface area contributed by atoms with E-state index < -0.39 is 0 Å². The zero-order valence-corrected chi connectivity index (χ0v) is 27.7. The van der Waals surface area contributed by atoms with Gasteiger partial charge >= 0.3 is 0 Å². The maximum atomic E-state index is 8.36. The number of benzene rings is 3. The molecule has 1 unspecified atom stereocenters. The van der Waals surface area contributed by atoms with Gasteiger partial charge in [0, 0.05) is 58.9 Å². The number of nitrogens with one attached hydrogen (secondary N) is 1. The molecule has 1 aliphatic rings. The Labute approximate surface area is 273 Å². The second kappa shape index (κ2) is 12.3. The minimum Gasteiger partial charge on any atom is -0.483 e. The van der Waals surface area contributed by atoms with E-state index in [0.717, 1.165) is 51.4 Å². The normalized spacial score (nSPS) is 13.3. The monoisotopic (exact) mass is 635 g/mol. The quantitative estimate of drug-likeness (QED) is 0.184. The Hall–Kier alpha value is -4.66. The van der Waals surface area contributed by atoms with Gasteiger partial charge in [0.25, 0.3) is 6.47 Å². The third-order valence-corrected chi connectivity index (χ3v) is 8.71. The Morgan fingerprint density at radius 2 is 1.76 bits per heavy atom. The van der Waals surface area contributed by atoms with Crippen molar-refractivity contribution in [2.24, 2.45) is 7.05 Å². The second-order valence-electron chi connectivity index (χ2n) is 12.6. The summed E-state index contributed by atoms with van der Waals surface area (Å²) in [6.07, 6.45) is 3.71. The van der Waals surface area contributed by atoms with Gasteiger partial charge in [-0.05, 0) is 99.3 Å². The number of aryl methyl sites for hydroxylation is 1. The van der Waals surface area contributed by atoms with E-state index >= 15 is 0 Å². The fraction of sp³-hybridized carbons (Fsp3) is 0.270. The lowest BCUT2D eigenvalue weighted by molar-refractivity contribution is -0.122. The number of fused-ring (bicyclic) bond motifs is 1. The number of carbonyl (C=O) groups is 1. The van der Waals surface area contributed by atoms with Gasteiger partial charge in [-0.3, -0.25) is 14.5 Å². The Balaban J connectivity index is 0.00000119. The number of carboxylic acid groups (broad SMARTS) is 1. The van der Waals surface area contributed by atoms with Gasteiger partial charge in [-0.25, -0.2) is 0 Å². The topological polar surface area (TPSA) is 94.2 Å². The zero-order chi connectivity index (χ0) is 32.7. The molecule has 1 aliphatic heterocycles. The minimum absolute atomic E-state index is 0.114. The van der Waals surface area contributed by atoms with Crippen LogP contribution in [-0.2, 0) is 23.1 Å². The van der Waals surface area contributed by atoms with Crippen LogP contribution in [0.3, 0.4) is 0 Å². The van der Waals surface area contributed by atoms with Crippen molar-refractivity contribution >= 4 is 45.6 Å². The average molecular weight is 636 g/mol. The molecule has 46 heavy (non-hydrogen) atoms. The average Bonchev–Trinajstić information content (AvgIpc) is 3.60. The maximum Gasteiger partial charge on any atom is 0.290 e. The number of pyridine rings is 1. The van der Waals surface area contributed by atoms with Gasteiger partial charge in [0.15, 0.2) is 0 Å². The summed E-state index contributed by atoms with van der Waals surface area (Å²) in [7, 11) is 1.97. The van der Waals surface area contributed by atoms with Crippen LogP contribution in [0.5, 0.6) is 0 Å². The van der Waals surface area contributed by atoms with Gasteiger partial charge < -0.3 is 19.7 Å². The van der Waals surface area contributed by atoms with E-state index in [1.807, 2.05) is 36.3 Å². The molecule has 1 atom stereocenters. The van der Waals surface area contributed by atoms with E-state index in [1.165, 1.54) is 39.0 Å². The number of hydrogen-bond donors (Lipinski definition) is 2. The zero-order valence-electron chi connectivity index (χ0n) is 26.9. The van der Waals surface area contributed by atoms with Gasteiger partial charge in [0.05, 0.1) is 40.3 Å². The van der Waals surface area contributed by atoms with E-state index in [4.69, 9.17) is 31.2 Å². The molecule has 3 aromatic heterocycles. The predicted molar refractivity (Wildman–Crippen MR) is 186 cm³/mol. The lowest BCUT2D eigenvalue weighted by Crippen LogP contribution is -2.23. The first-order valence-corrected chi connectivity index (χ1v) is 15.7. The van der Waals surface area contributed by atoms with Crippen LogP contribution in [0.15, 0.2) is 73.1 Å². The Bertz CT molecular complexity index is 2070. The van der Waals surface area contributed by atoms with Crippen LogP contribution in [0.4, 0.5) is 5.69 Å². The van der Waals surface area contributed by atoms with Crippen molar-refractivity contribution in [1.82, 2.24) is 19.3 Å². The first-order chi connectivity index (χ1) is 22.0. The number of nitrogens with zero attached hydrogens (tertiary/aromatic N) is 4. The largest absolute Gasteiger partial charge is 0.483 e. The molecular formula is C37H38ClN5O3. The summed E-state index contributed by atoms with van der Waals surface area (Å²) >= 11 is 6.35. The molecule has 0 spiro atoms. The van der Waals surface area contributed by atoms with Crippen molar-refractivity contribution in [3.8, 4) is 33.6 Å². The van der Waals surface area contributed by atoms with E-state index in [-0.39, 0.29) is 18.2 Å². The molecule has 4 heterocycles. The lowest BCUT2D eigenvalue weighted by atomic mass is 9.88. The van der Waals surface area contributed by atoms with Gasteiger partial charge in [-0.2, -0.15) is 5.10 Å². The van der Waals surface area contributed by atoms with Crippen molar-refractivity contribution in [2.45, 2.75) is 52.9 Å². The van der Waals surface area contributed by atoms with Crippen LogP contribution in [0, 0.1) is 6.92 Å². The molecule has 9 heteroatoms. The molecule has 0 saturated heterocycles. The molecule has 236 valence electrons. The molecule has 0 amide bonds. The predicted octanol–water partition coefficient (Wildman–Crippen LogP) is 8.89. The van der Waals surface area contributed by atoms with Crippen LogP contribution in [0.25, 0.3) is 55.4 Å². The van der Waals surface area contributed by atoms with Crippen LogP contribution in [0.2, 0.25) is 5.02 Å². The summed E-state index contributed by atoms with van der Waals surface area (Å²) in [5, 5.41) is 18.1. The number of aromatic nitrogens is 4. The first-order valence-electron chi connectivity index (χ1n) is 15.3. The third kappa shape index (κ3) is 5.74. The molecular weight excluding hydrogens is 598 g/mol. The van der Waals surface area contributed by atoms with Crippen molar-refractivity contribution in [3.63, 3.8) is 0 Å². The molecule has 0 fully saturated rings. The Morgan fingerprint density at radius 1 is 1.04 bits per heavy atom. The number of anilines is 1. The third-order valence-electron chi connectivity index (χ3n) is 8.46. The van der Waals surface area contributed by atoms with E-state index in [9.17, 15) is 0 Å². The molecule has 7 rings (SSSR count). The van der Waals surface area contributed by atoms with Crippen molar-refractivity contribution < 1.29 is 14.6 Å². The fourth-order valence-electron chi connectivity index (χ4n) is 6.73. The molecule has 0 saturated carbocycles. The number of halogens is 1. The molecule has 8 nitrogen and oxygen atoms in total. The summed E-state index contributed by atoms with van der Waals surface area (Å²) < 4.78 is 11.0. The van der Waals surface area contributed by atoms with Gasteiger partial charge in [-0.1, -0.05) is 29.8 Å². The molecule has 6 aromatic rings. The first kappa shape index (κ1) is 31.3. The molecule has 0 aliphatic carbocycles. The van der Waals surface area contributed by atoms with E-state index in [2.05, 4.69) is 98.1 Å². The highest BCUT2D eigenvalue weighted by molar-refractivity contribution is 6.30. The highest BCUT2D eigenvalue weighted by Crippen LogP contribution is 2.48. The maximum absolute atomic E-state index is 8.36. The van der Waals surface area contributed by atoms with Crippen LogP contribution in [0.1, 0.15) is 44.9 Å². The highest BCUT2D eigenvalue weighted by Gasteiger charge is 2.29. The summed E-state index contributed by atoms with van der Waals surface area (Å²) in [4.78, 5) is 13.1. The summed E-state index contributed by atoms with van der Waals surface area (Å²) in [5.41, 5.74) is 12.3. The Morgan fingerprint density at radius 3 is 2.48 bits per heavy atom. The molecule has 0 radical (unpaired) electrons. The van der Waals surface area contributed by atoms with Crippen LogP contribution < -0.4 is 5.32 Å². The summed E-state index contributed by atoms with van der Waals surface area (Å²) in [6.45, 7) is 12.2. The van der Waals surface area contributed by atoms with E-state index in [0.29, 0.717) is 0 Å². The Kier molecular flexibility index (Phi) is 8.35. The summed E-state index contributed by atoms with van der Waals surface area (Å²) in [6, 6.07) is 21.3. The van der Waals surface area contributed by atoms with Crippen LogP contribution >= 0.6 is 11.6 Å². The highest BCUT2D eigenvalue weighted by atomic mass is 35.5. The second-order valence-corrected chi connectivity index (χ2v) is 13.1. The lowest BCUT2D eigenvalue weighted by Gasteiger charge is -2.31.